The van der Waals surface area contributed by atoms with Crippen molar-refractivity contribution in [2.75, 3.05) is 13.7 Å². The van der Waals surface area contributed by atoms with Gasteiger partial charge < -0.3 is 14.2 Å². The molecule has 15 heavy (non-hydrogen) atoms. The van der Waals surface area contributed by atoms with Crippen molar-refractivity contribution in [1.29, 1.82) is 0 Å². The lowest BCUT2D eigenvalue weighted by molar-refractivity contribution is -0.244. The number of methoxy groups -OCH3 is 1. The van der Waals surface area contributed by atoms with Crippen LogP contribution in [0.1, 0.15) is 27.2 Å². The summed E-state index contributed by atoms with van der Waals surface area (Å²) in [7, 11) is 1.56. The number of cyclic esters (lactones) is 1. The average molecular weight is 214 g/mol. The third-order valence-electron chi connectivity index (χ3n) is 2.52. The molecular weight excluding hydrogens is 196 g/mol. The van der Waals surface area contributed by atoms with Gasteiger partial charge in [-0.2, -0.15) is 0 Å². The Bertz CT molecular complexity index is 270. The second-order valence-corrected chi connectivity index (χ2v) is 3.89. The van der Waals surface area contributed by atoms with Gasteiger partial charge in [0.2, 0.25) is 0 Å². The first-order chi connectivity index (χ1) is 7.04. The summed E-state index contributed by atoms with van der Waals surface area (Å²) in [6.45, 7) is 6.16. The number of ether oxygens (including phenoxy) is 3. The van der Waals surface area contributed by atoms with E-state index in [4.69, 9.17) is 14.2 Å². The molecule has 0 saturated carbocycles. The van der Waals surface area contributed by atoms with Gasteiger partial charge in [-0.05, 0) is 0 Å². The summed E-state index contributed by atoms with van der Waals surface area (Å²) < 4.78 is 15.9. The molecule has 0 bridgehead atoms. The van der Waals surface area contributed by atoms with Gasteiger partial charge in [-0.25, -0.2) is 4.79 Å². The second-order valence-electron chi connectivity index (χ2n) is 3.89. The third-order valence-corrected chi connectivity index (χ3v) is 2.52. The van der Waals surface area contributed by atoms with Crippen LogP contribution in [0.25, 0.3) is 0 Å². The van der Waals surface area contributed by atoms with E-state index in [0.29, 0.717) is 18.8 Å². The van der Waals surface area contributed by atoms with E-state index >= 15 is 0 Å². The van der Waals surface area contributed by atoms with Crippen molar-refractivity contribution >= 4 is 5.97 Å². The van der Waals surface area contributed by atoms with Crippen LogP contribution in [0.3, 0.4) is 0 Å². The molecule has 0 aliphatic carbocycles. The summed E-state index contributed by atoms with van der Waals surface area (Å²) in [5.41, 5.74) is 0. The van der Waals surface area contributed by atoms with Crippen LogP contribution < -0.4 is 0 Å². The van der Waals surface area contributed by atoms with Crippen LogP contribution >= 0.6 is 0 Å². The largest absolute Gasteiger partial charge is 0.454 e. The van der Waals surface area contributed by atoms with Crippen LogP contribution in [0.5, 0.6) is 0 Å². The predicted molar refractivity (Wildman–Crippen MR) is 55.0 cm³/mol. The molecule has 0 aromatic rings. The lowest BCUT2D eigenvalue weighted by Gasteiger charge is -2.39. The molecule has 1 atom stereocenters. The quantitative estimate of drug-likeness (QED) is 0.670. The van der Waals surface area contributed by atoms with E-state index in [9.17, 15) is 4.79 Å². The maximum absolute atomic E-state index is 11.4. The Morgan fingerprint density at radius 1 is 1.47 bits per heavy atom. The Morgan fingerprint density at radius 3 is 2.60 bits per heavy atom. The third kappa shape index (κ3) is 2.50. The van der Waals surface area contributed by atoms with E-state index in [1.54, 1.807) is 7.11 Å². The van der Waals surface area contributed by atoms with E-state index in [2.05, 4.69) is 0 Å². The van der Waals surface area contributed by atoms with Crippen molar-refractivity contribution in [3.63, 3.8) is 0 Å². The fraction of sp³-hybridized carbons (Fsp3) is 0.727. The highest BCUT2D eigenvalue weighted by Gasteiger charge is 2.41. The zero-order valence-electron chi connectivity index (χ0n) is 9.70. The number of hydrogen-bond acceptors (Lipinski definition) is 4. The molecule has 0 amide bonds. The van der Waals surface area contributed by atoms with Crippen molar-refractivity contribution in [3.8, 4) is 0 Å². The van der Waals surface area contributed by atoms with E-state index in [0.717, 1.165) is 0 Å². The monoisotopic (exact) mass is 214 g/mol. The highest BCUT2D eigenvalue weighted by Crippen LogP contribution is 2.33. The molecule has 1 rings (SSSR count). The molecule has 0 radical (unpaired) electrons. The van der Waals surface area contributed by atoms with Crippen molar-refractivity contribution in [3.05, 3.63) is 11.8 Å². The van der Waals surface area contributed by atoms with E-state index in [1.165, 1.54) is 6.08 Å². The van der Waals surface area contributed by atoms with Crippen LogP contribution in [0.4, 0.5) is 0 Å². The molecule has 1 heterocycles. The summed E-state index contributed by atoms with van der Waals surface area (Å²) in [6, 6.07) is 0. The molecule has 4 nitrogen and oxygen atoms in total. The van der Waals surface area contributed by atoms with Gasteiger partial charge in [-0.3, -0.25) is 0 Å². The minimum Gasteiger partial charge on any atom is -0.454 e. The van der Waals surface area contributed by atoms with E-state index in [-0.39, 0.29) is 11.9 Å². The fourth-order valence-electron chi connectivity index (χ4n) is 1.61. The Labute approximate surface area is 90.2 Å². The topological polar surface area (TPSA) is 44.8 Å². The minimum absolute atomic E-state index is 0.104. The van der Waals surface area contributed by atoms with Gasteiger partial charge in [0.15, 0.2) is 0 Å². The van der Waals surface area contributed by atoms with Crippen molar-refractivity contribution in [1.82, 2.24) is 0 Å². The van der Waals surface area contributed by atoms with Crippen LogP contribution in [0, 0.1) is 5.92 Å². The SMILES string of the molecule is CCC1(C(C)C)OC(=O)C=C(COC)O1. The molecule has 0 N–H and O–H groups in total. The van der Waals surface area contributed by atoms with Gasteiger partial charge in [-0.15, -0.1) is 0 Å². The van der Waals surface area contributed by atoms with Gasteiger partial charge >= 0.3 is 5.97 Å². The van der Waals surface area contributed by atoms with E-state index < -0.39 is 5.79 Å². The number of rotatable bonds is 4. The molecule has 1 aliphatic rings. The summed E-state index contributed by atoms with van der Waals surface area (Å²) >= 11 is 0. The molecule has 86 valence electrons. The first kappa shape index (κ1) is 12.0. The number of carbonyl (C=O) groups is 1. The Kier molecular flexibility index (Phi) is 3.74. The summed E-state index contributed by atoms with van der Waals surface area (Å²) in [5.74, 6) is -0.556. The first-order valence-electron chi connectivity index (χ1n) is 5.15. The summed E-state index contributed by atoms with van der Waals surface area (Å²) in [5, 5.41) is 0. The zero-order chi connectivity index (χ0) is 11.5. The molecule has 0 aromatic heterocycles. The maximum atomic E-state index is 11.4. The molecule has 0 aromatic carbocycles. The Balaban J connectivity index is 2.87. The van der Waals surface area contributed by atoms with Gasteiger partial charge in [0.05, 0.1) is 6.08 Å². The van der Waals surface area contributed by atoms with Crippen LogP contribution in [0.15, 0.2) is 11.8 Å². The van der Waals surface area contributed by atoms with Crippen molar-refractivity contribution in [2.24, 2.45) is 5.92 Å². The molecule has 1 unspecified atom stereocenters. The highest BCUT2D eigenvalue weighted by molar-refractivity contribution is 5.83. The smallest absolute Gasteiger partial charge is 0.337 e. The molecule has 1 aliphatic heterocycles. The highest BCUT2D eigenvalue weighted by atomic mass is 16.7. The van der Waals surface area contributed by atoms with E-state index in [1.807, 2.05) is 20.8 Å². The van der Waals surface area contributed by atoms with Gasteiger partial charge in [0.1, 0.15) is 12.4 Å². The minimum atomic E-state index is -0.834. The van der Waals surface area contributed by atoms with Crippen molar-refractivity contribution < 1.29 is 19.0 Å². The predicted octanol–water partition coefficient (Wildman–Crippen LogP) is 1.85. The van der Waals surface area contributed by atoms with Gasteiger partial charge in [-0.1, -0.05) is 20.8 Å². The summed E-state index contributed by atoms with van der Waals surface area (Å²) in [4.78, 5) is 11.4. The molecule has 0 saturated heterocycles. The second kappa shape index (κ2) is 4.66. The number of carbonyl (C=O) groups excluding carboxylic acids is 1. The number of esters is 1. The standard InChI is InChI=1S/C11H18O4/c1-5-11(8(2)3)14-9(7-13-4)6-10(12)15-11/h6,8H,5,7H2,1-4H3. The molecule has 4 heteroatoms. The average Bonchev–Trinajstić information content (AvgIpc) is 2.17. The number of hydrogen-bond donors (Lipinski definition) is 0. The molecule has 0 spiro atoms. The maximum Gasteiger partial charge on any atom is 0.337 e. The van der Waals surface area contributed by atoms with Crippen LogP contribution in [0.2, 0.25) is 0 Å². The van der Waals surface area contributed by atoms with Gasteiger partial charge in [0.25, 0.3) is 5.79 Å². The molecular formula is C11H18O4. The zero-order valence-corrected chi connectivity index (χ0v) is 9.70. The lowest BCUT2D eigenvalue weighted by atomic mass is 9.99. The van der Waals surface area contributed by atoms with Crippen LogP contribution in [-0.2, 0) is 19.0 Å². The first-order valence-corrected chi connectivity index (χ1v) is 5.15. The molecule has 0 fully saturated rings. The van der Waals surface area contributed by atoms with Crippen LogP contribution in [-0.4, -0.2) is 25.5 Å². The normalized spacial score (nSPS) is 25.9. The Hall–Kier alpha value is -1.03. The lowest BCUT2D eigenvalue weighted by Crippen LogP contribution is -2.45. The Morgan fingerprint density at radius 2 is 2.13 bits per heavy atom. The summed E-state index contributed by atoms with van der Waals surface area (Å²) in [6.07, 6.45) is 1.96. The van der Waals surface area contributed by atoms with Crippen molar-refractivity contribution in [2.45, 2.75) is 33.0 Å². The van der Waals surface area contributed by atoms with Gasteiger partial charge in [0, 0.05) is 19.4 Å². The fourth-order valence-corrected chi connectivity index (χ4v) is 1.61.